The summed E-state index contributed by atoms with van der Waals surface area (Å²) in [5, 5.41) is 0.655. The molecule has 17 heavy (non-hydrogen) atoms. The van der Waals surface area contributed by atoms with Crippen LogP contribution >= 0.6 is 27.5 Å². The Bertz CT molecular complexity index is 429. The molecule has 0 aliphatic carbocycles. The number of benzene rings is 1. The van der Waals surface area contributed by atoms with Crippen molar-refractivity contribution < 1.29 is 4.43 Å². The van der Waals surface area contributed by atoms with Crippen LogP contribution in [-0.4, -0.2) is 8.32 Å². The van der Waals surface area contributed by atoms with Crippen molar-refractivity contribution in [1.29, 1.82) is 0 Å². The van der Waals surface area contributed by atoms with E-state index in [0.29, 0.717) is 16.5 Å². The topological polar surface area (TPSA) is 35.2 Å². The lowest BCUT2D eigenvalue weighted by atomic mass is 10.2. The predicted molar refractivity (Wildman–Crippen MR) is 81.4 cm³/mol. The normalized spacial score (nSPS) is 12.6. The Labute approximate surface area is 118 Å². The van der Waals surface area contributed by atoms with E-state index in [4.69, 9.17) is 21.8 Å². The molecule has 0 fully saturated rings. The number of hydrogen-bond donors (Lipinski definition) is 1. The van der Waals surface area contributed by atoms with Gasteiger partial charge in [-0.05, 0) is 30.3 Å². The fourth-order valence-electron chi connectivity index (χ4n) is 1.07. The summed E-state index contributed by atoms with van der Waals surface area (Å²) in [6.07, 6.45) is 0. The Hall–Kier alpha value is -0.193. The molecule has 0 spiro atoms. The third-order valence-electron chi connectivity index (χ3n) is 3.23. The van der Waals surface area contributed by atoms with E-state index < -0.39 is 8.32 Å². The minimum absolute atomic E-state index is 0.133. The SMILES string of the molecule is CC(C)(C)[Si](C)(C)Oc1cc(Br)cc(Cl)c1N. The fourth-order valence-corrected chi connectivity index (χ4v) is 2.88. The summed E-state index contributed by atoms with van der Waals surface area (Å²) >= 11 is 9.44. The van der Waals surface area contributed by atoms with Crippen molar-refractivity contribution in [2.45, 2.75) is 38.9 Å². The van der Waals surface area contributed by atoms with Gasteiger partial charge in [-0.2, -0.15) is 0 Å². The van der Waals surface area contributed by atoms with Gasteiger partial charge in [-0.15, -0.1) is 0 Å². The maximum atomic E-state index is 6.16. The van der Waals surface area contributed by atoms with Crippen LogP contribution in [0, 0.1) is 0 Å². The van der Waals surface area contributed by atoms with E-state index in [1.807, 2.05) is 6.07 Å². The second kappa shape index (κ2) is 4.82. The molecule has 0 heterocycles. The molecule has 0 radical (unpaired) electrons. The van der Waals surface area contributed by atoms with Crippen molar-refractivity contribution >= 4 is 41.5 Å². The largest absolute Gasteiger partial charge is 0.542 e. The summed E-state index contributed by atoms with van der Waals surface area (Å²) in [6.45, 7) is 10.9. The molecule has 0 bridgehead atoms. The molecule has 0 saturated carbocycles. The van der Waals surface area contributed by atoms with E-state index in [-0.39, 0.29) is 5.04 Å². The van der Waals surface area contributed by atoms with E-state index in [9.17, 15) is 0 Å². The number of rotatable bonds is 2. The standard InChI is InChI=1S/C12H19BrClNOSi/c1-12(2,3)17(4,5)16-10-7-8(13)6-9(14)11(10)15/h6-7H,15H2,1-5H3. The van der Waals surface area contributed by atoms with Gasteiger partial charge in [0.1, 0.15) is 5.75 Å². The third kappa shape index (κ3) is 3.39. The first-order chi connectivity index (χ1) is 7.54. The zero-order valence-corrected chi connectivity index (χ0v) is 14.2. The highest BCUT2D eigenvalue weighted by atomic mass is 79.9. The smallest absolute Gasteiger partial charge is 0.250 e. The van der Waals surface area contributed by atoms with Crippen LogP contribution in [0.2, 0.25) is 23.2 Å². The number of hydrogen-bond acceptors (Lipinski definition) is 2. The number of nitrogens with two attached hydrogens (primary N) is 1. The van der Waals surface area contributed by atoms with Gasteiger partial charge in [-0.25, -0.2) is 0 Å². The Morgan fingerprint density at radius 1 is 1.29 bits per heavy atom. The summed E-state index contributed by atoms with van der Waals surface area (Å²) in [6, 6.07) is 3.65. The van der Waals surface area contributed by atoms with Gasteiger partial charge < -0.3 is 10.2 Å². The molecule has 96 valence electrons. The zero-order chi connectivity index (χ0) is 13.4. The van der Waals surface area contributed by atoms with Crippen molar-refractivity contribution in [2.24, 2.45) is 0 Å². The van der Waals surface area contributed by atoms with Crippen LogP contribution in [0.5, 0.6) is 5.75 Å². The van der Waals surface area contributed by atoms with Gasteiger partial charge in [0, 0.05) is 4.47 Å². The highest BCUT2D eigenvalue weighted by molar-refractivity contribution is 9.10. The minimum Gasteiger partial charge on any atom is -0.542 e. The van der Waals surface area contributed by atoms with Crippen LogP contribution in [0.15, 0.2) is 16.6 Å². The van der Waals surface area contributed by atoms with Gasteiger partial charge in [0.05, 0.1) is 10.7 Å². The van der Waals surface area contributed by atoms with Gasteiger partial charge >= 0.3 is 0 Å². The van der Waals surface area contributed by atoms with Gasteiger partial charge in [0.2, 0.25) is 0 Å². The molecule has 2 N–H and O–H groups in total. The average Bonchev–Trinajstić information content (AvgIpc) is 2.11. The number of halogens is 2. The molecule has 0 atom stereocenters. The second-order valence-electron chi connectivity index (χ2n) is 5.66. The molecule has 1 aromatic carbocycles. The van der Waals surface area contributed by atoms with Crippen molar-refractivity contribution in [2.75, 3.05) is 5.73 Å². The summed E-state index contributed by atoms with van der Waals surface area (Å²) in [5.74, 6) is 0.677. The average molecular weight is 337 g/mol. The Morgan fingerprint density at radius 3 is 2.29 bits per heavy atom. The first kappa shape index (κ1) is 14.9. The van der Waals surface area contributed by atoms with Crippen LogP contribution in [0.3, 0.4) is 0 Å². The maximum absolute atomic E-state index is 6.16. The Kier molecular flexibility index (Phi) is 4.22. The van der Waals surface area contributed by atoms with Crippen LogP contribution in [0.4, 0.5) is 5.69 Å². The van der Waals surface area contributed by atoms with E-state index in [0.717, 1.165) is 4.47 Å². The van der Waals surface area contributed by atoms with Gasteiger partial charge in [-0.1, -0.05) is 48.3 Å². The summed E-state index contributed by atoms with van der Waals surface area (Å²) < 4.78 is 7.04. The highest BCUT2D eigenvalue weighted by Gasteiger charge is 2.39. The molecule has 5 heteroatoms. The van der Waals surface area contributed by atoms with Gasteiger partial charge in [0.25, 0.3) is 8.32 Å². The Balaban J connectivity index is 3.12. The van der Waals surface area contributed by atoms with Crippen molar-refractivity contribution in [3.63, 3.8) is 0 Å². The van der Waals surface area contributed by atoms with Crippen LogP contribution in [0.25, 0.3) is 0 Å². The van der Waals surface area contributed by atoms with Crippen molar-refractivity contribution in [1.82, 2.24) is 0 Å². The van der Waals surface area contributed by atoms with Crippen molar-refractivity contribution in [3.05, 3.63) is 21.6 Å². The molecule has 0 aliphatic rings. The lowest BCUT2D eigenvalue weighted by Gasteiger charge is -2.36. The summed E-state index contributed by atoms with van der Waals surface area (Å²) in [7, 11) is -1.88. The highest BCUT2D eigenvalue weighted by Crippen LogP contribution is 2.41. The first-order valence-electron chi connectivity index (χ1n) is 5.48. The molecular formula is C12H19BrClNOSi. The van der Waals surface area contributed by atoms with E-state index in [1.165, 1.54) is 0 Å². The van der Waals surface area contributed by atoms with E-state index in [2.05, 4.69) is 49.8 Å². The lowest BCUT2D eigenvalue weighted by molar-refractivity contribution is 0.494. The molecule has 0 unspecified atom stereocenters. The quantitative estimate of drug-likeness (QED) is 0.604. The predicted octanol–water partition coefficient (Wildman–Crippen LogP) is 5.07. The maximum Gasteiger partial charge on any atom is 0.250 e. The van der Waals surface area contributed by atoms with Crippen molar-refractivity contribution in [3.8, 4) is 5.75 Å². The molecule has 0 aromatic heterocycles. The molecular weight excluding hydrogens is 318 g/mol. The molecule has 0 aliphatic heterocycles. The monoisotopic (exact) mass is 335 g/mol. The molecule has 0 saturated heterocycles. The lowest BCUT2D eigenvalue weighted by Crippen LogP contribution is -2.44. The zero-order valence-electron chi connectivity index (χ0n) is 10.9. The Morgan fingerprint density at radius 2 is 1.82 bits per heavy atom. The number of nitrogen functional groups attached to an aromatic ring is 1. The van der Waals surface area contributed by atoms with Gasteiger partial charge in [0.15, 0.2) is 0 Å². The molecule has 1 aromatic rings. The molecule has 1 rings (SSSR count). The number of anilines is 1. The summed E-state index contributed by atoms with van der Waals surface area (Å²) in [4.78, 5) is 0. The minimum atomic E-state index is -1.88. The van der Waals surface area contributed by atoms with Gasteiger partial charge in [-0.3, -0.25) is 0 Å². The van der Waals surface area contributed by atoms with Crippen LogP contribution < -0.4 is 10.2 Å². The first-order valence-corrected chi connectivity index (χ1v) is 9.56. The molecule has 0 amide bonds. The fraction of sp³-hybridized carbons (Fsp3) is 0.500. The third-order valence-corrected chi connectivity index (χ3v) is 8.34. The second-order valence-corrected chi connectivity index (χ2v) is 11.7. The summed E-state index contributed by atoms with van der Waals surface area (Å²) in [5.41, 5.74) is 6.46. The van der Waals surface area contributed by atoms with Crippen LogP contribution in [0.1, 0.15) is 20.8 Å². The van der Waals surface area contributed by atoms with E-state index >= 15 is 0 Å². The molecule has 2 nitrogen and oxygen atoms in total. The van der Waals surface area contributed by atoms with E-state index in [1.54, 1.807) is 6.07 Å². The van der Waals surface area contributed by atoms with Crippen LogP contribution in [-0.2, 0) is 0 Å².